The van der Waals surface area contributed by atoms with Crippen molar-refractivity contribution in [3.63, 3.8) is 0 Å². The number of rotatable bonds is 37. The molecule has 0 aromatic heterocycles. The molecule has 4 rings (SSSR count). The van der Waals surface area contributed by atoms with E-state index in [0.717, 1.165) is 68.5 Å². The van der Waals surface area contributed by atoms with Crippen LogP contribution in [-0.2, 0) is 23.7 Å². The first kappa shape index (κ1) is 53.9. The maximum atomic E-state index is 6.49. The van der Waals surface area contributed by atoms with E-state index in [1.807, 2.05) is 0 Å². The van der Waals surface area contributed by atoms with Gasteiger partial charge in [0.05, 0.1) is 51.3 Å². The van der Waals surface area contributed by atoms with Crippen molar-refractivity contribution >= 4 is 0 Å². The fraction of sp³-hybridized carbons (Fsp3) is 0.929. The Balaban J connectivity index is 1.05. The minimum Gasteiger partial charge on any atom is -0.380 e. The van der Waals surface area contributed by atoms with Crippen molar-refractivity contribution in [2.45, 2.75) is 233 Å². The Morgan fingerprint density at radius 3 is 2.15 bits per heavy atom. The molecule has 0 aliphatic heterocycles. The molecular weight excluding hydrogens is 767 g/mol. The molecule has 3 saturated carbocycles. The second-order valence-electron chi connectivity index (χ2n) is 21.5. The molecule has 4 aliphatic carbocycles. The molecule has 0 spiro atoms. The van der Waals surface area contributed by atoms with Gasteiger partial charge in [-0.05, 0) is 137 Å². The number of hydrogen-bond donors (Lipinski definition) is 1. The van der Waals surface area contributed by atoms with Gasteiger partial charge in [0.2, 0.25) is 0 Å². The second kappa shape index (κ2) is 31.3. The van der Waals surface area contributed by atoms with Crippen molar-refractivity contribution in [1.29, 1.82) is 0 Å². The topological polar surface area (TPSA) is 58.2 Å². The summed E-state index contributed by atoms with van der Waals surface area (Å²) in [6.45, 7) is 20.0. The van der Waals surface area contributed by atoms with Crippen molar-refractivity contribution in [3.8, 4) is 0 Å². The van der Waals surface area contributed by atoms with Crippen LogP contribution in [-0.4, -0.2) is 78.2 Å². The highest BCUT2D eigenvalue weighted by Gasteiger charge is 2.58. The maximum absolute atomic E-state index is 6.49. The summed E-state index contributed by atoms with van der Waals surface area (Å²) in [4.78, 5) is 0. The van der Waals surface area contributed by atoms with Gasteiger partial charge in [-0.2, -0.15) is 0 Å². The van der Waals surface area contributed by atoms with Crippen molar-refractivity contribution < 1.29 is 23.7 Å². The van der Waals surface area contributed by atoms with Crippen LogP contribution in [0.5, 0.6) is 0 Å². The number of unbranched alkanes of at least 4 members (excludes halogenated alkanes) is 13. The molecule has 0 aromatic carbocycles. The first-order valence-electron chi connectivity index (χ1n) is 27.2. The Bertz CT molecular complexity index is 1180. The van der Waals surface area contributed by atoms with Crippen LogP contribution in [0.1, 0.15) is 215 Å². The van der Waals surface area contributed by atoms with Gasteiger partial charge in [0.15, 0.2) is 0 Å². The molecule has 0 heterocycles. The standard InChI is InChI=1S/C56H103NO5/c1-8-10-11-12-13-14-15-16-17-18-19-20-21-22-23-26-37-60-45-51(44-57-43-49(9-2)58-7)62-41-39-59-38-40-61-50-33-35-56(6)48(42-50)29-31-52-53-32-30-47(28-25-24-27-46(3)4)55(53,5)36-34-54(52)56/h16-17,29,46-47,49-54,57H,8-15,18-28,30-45H2,1-7H3/b17-16-/t47-,49?,50-,51?,52-,53-,54-,55+,56-/m0/s1. The van der Waals surface area contributed by atoms with Crippen LogP contribution >= 0.6 is 0 Å². The van der Waals surface area contributed by atoms with Crippen molar-refractivity contribution in [2.24, 2.45) is 40.4 Å². The SMILES string of the molecule is CCCCCCCC/C=C\CCCCCCCCOCC(CNCC(CC)OC)OCCOCCO[C@H]1CC[C@@]2(C)C(=CC[C@H]3[C@@H]4CC[C@H](CCCCC(C)C)[C@@]4(C)CC[C@@H]32)C1. The average Bonchev–Trinajstić information content (AvgIpc) is 3.61. The molecule has 2 unspecified atom stereocenters. The maximum Gasteiger partial charge on any atom is 0.0933 e. The van der Waals surface area contributed by atoms with E-state index in [1.54, 1.807) is 12.7 Å². The highest BCUT2D eigenvalue weighted by Crippen LogP contribution is 2.66. The predicted octanol–water partition coefficient (Wildman–Crippen LogP) is 14.6. The van der Waals surface area contributed by atoms with Gasteiger partial charge in [0.1, 0.15) is 0 Å². The Kier molecular flexibility index (Phi) is 27.1. The Morgan fingerprint density at radius 1 is 0.710 bits per heavy atom. The first-order chi connectivity index (χ1) is 30.2. The summed E-state index contributed by atoms with van der Waals surface area (Å²) < 4.78 is 30.5. The normalized spacial score (nSPS) is 28.3. The molecule has 6 heteroatoms. The number of ether oxygens (including phenoxy) is 5. The molecule has 1 N–H and O–H groups in total. The van der Waals surface area contributed by atoms with Crippen LogP contribution in [0.4, 0.5) is 0 Å². The fourth-order valence-electron chi connectivity index (χ4n) is 12.6. The molecule has 62 heavy (non-hydrogen) atoms. The summed E-state index contributed by atoms with van der Waals surface area (Å²) >= 11 is 0. The van der Waals surface area contributed by atoms with Gasteiger partial charge in [-0.3, -0.25) is 0 Å². The zero-order valence-corrected chi connectivity index (χ0v) is 42.1. The van der Waals surface area contributed by atoms with Crippen LogP contribution in [0.2, 0.25) is 0 Å². The third-order valence-corrected chi connectivity index (χ3v) is 16.6. The summed E-state index contributed by atoms with van der Waals surface area (Å²) in [6.07, 6.45) is 44.2. The zero-order valence-electron chi connectivity index (χ0n) is 42.1. The van der Waals surface area contributed by atoms with Gasteiger partial charge in [-0.15, -0.1) is 0 Å². The second-order valence-corrected chi connectivity index (χ2v) is 21.5. The van der Waals surface area contributed by atoms with Crippen LogP contribution in [0.3, 0.4) is 0 Å². The minimum absolute atomic E-state index is 0.00538. The monoisotopic (exact) mass is 870 g/mol. The third-order valence-electron chi connectivity index (χ3n) is 16.6. The summed E-state index contributed by atoms with van der Waals surface area (Å²) in [5, 5.41) is 3.56. The highest BCUT2D eigenvalue weighted by molar-refractivity contribution is 5.25. The van der Waals surface area contributed by atoms with Crippen LogP contribution in [0.15, 0.2) is 23.8 Å². The molecular formula is C56H103NO5. The molecule has 9 atom stereocenters. The lowest BCUT2D eigenvalue weighted by atomic mass is 9.47. The molecule has 6 nitrogen and oxygen atoms in total. The van der Waals surface area contributed by atoms with Crippen molar-refractivity contribution in [1.82, 2.24) is 5.32 Å². The van der Waals surface area contributed by atoms with E-state index in [-0.39, 0.29) is 12.2 Å². The van der Waals surface area contributed by atoms with E-state index < -0.39 is 0 Å². The predicted molar refractivity (Wildman–Crippen MR) is 263 cm³/mol. The number of nitrogens with one attached hydrogen (secondary N) is 1. The Labute approximate surface area is 385 Å². The van der Waals surface area contributed by atoms with Crippen molar-refractivity contribution in [3.05, 3.63) is 23.8 Å². The van der Waals surface area contributed by atoms with E-state index in [2.05, 4.69) is 65.1 Å². The van der Waals surface area contributed by atoms with E-state index in [1.165, 1.54) is 154 Å². The Hall–Kier alpha value is -0.760. The van der Waals surface area contributed by atoms with Gasteiger partial charge in [-0.25, -0.2) is 0 Å². The minimum atomic E-state index is 0.00538. The van der Waals surface area contributed by atoms with E-state index in [9.17, 15) is 0 Å². The number of methoxy groups -OCH3 is 1. The molecule has 4 aliphatic rings. The summed E-state index contributed by atoms with van der Waals surface area (Å²) in [5.74, 6) is 4.53. The van der Waals surface area contributed by atoms with Gasteiger partial charge in [-0.1, -0.05) is 142 Å². The fourth-order valence-corrected chi connectivity index (χ4v) is 12.6. The number of hydrogen-bond acceptors (Lipinski definition) is 6. The summed E-state index contributed by atoms with van der Waals surface area (Å²) in [7, 11) is 1.79. The molecule has 0 bridgehead atoms. The third kappa shape index (κ3) is 18.5. The molecule has 3 fully saturated rings. The van der Waals surface area contributed by atoms with E-state index in [4.69, 9.17) is 23.7 Å². The zero-order chi connectivity index (χ0) is 44.3. The lowest BCUT2D eigenvalue weighted by molar-refractivity contribution is -0.0686. The van der Waals surface area contributed by atoms with Crippen LogP contribution in [0, 0.1) is 40.4 Å². The Morgan fingerprint density at radius 2 is 1.42 bits per heavy atom. The highest BCUT2D eigenvalue weighted by atomic mass is 16.6. The van der Waals surface area contributed by atoms with Gasteiger partial charge in [0.25, 0.3) is 0 Å². The van der Waals surface area contributed by atoms with Gasteiger partial charge in [0, 0.05) is 26.8 Å². The smallest absolute Gasteiger partial charge is 0.0933 e. The lowest BCUT2D eigenvalue weighted by Gasteiger charge is -2.58. The molecule has 0 aromatic rings. The van der Waals surface area contributed by atoms with E-state index in [0.29, 0.717) is 50.0 Å². The van der Waals surface area contributed by atoms with Gasteiger partial charge < -0.3 is 29.0 Å². The van der Waals surface area contributed by atoms with Crippen molar-refractivity contribution in [2.75, 3.05) is 59.8 Å². The average molecular weight is 870 g/mol. The van der Waals surface area contributed by atoms with Crippen LogP contribution < -0.4 is 5.32 Å². The molecule has 0 amide bonds. The summed E-state index contributed by atoms with van der Waals surface area (Å²) in [6, 6.07) is 0. The molecule has 362 valence electrons. The lowest BCUT2D eigenvalue weighted by Crippen LogP contribution is -2.50. The molecule has 0 radical (unpaired) electrons. The first-order valence-corrected chi connectivity index (χ1v) is 27.2. The van der Waals surface area contributed by atoms with E-state index >= 15 is 0 Å². The number of fused-ring (bicyclic) bond motifs is 5. The molecule has 0 saturated heterocycles. The van der Waals surface area contributed by atoms with Crippen LogP contribution in [0.25, 0.3) is 0 Å². The number of allylic oxidation sites excluding steroid dienone is 3. The largest absolute Gasteiger partial charge is 0.380 e. The van der Waals surface area contributed by atoms with Gasteiger partial charge >= 0.3 is 0 Å². The summed E-state index contributed by atoms with van der Waals surface area (Å²) in [5.41, 5.74) is 2.69. The quantitative estimate of drug-likeness (QED) is 0.0496.